The van der Waals surface area contributed by atoms with Crippen LogP contribution in [0.1, 0.15) is 43.0 Å². The van der Waals surface area contributed by atoms with Crippen molar-refractivity contribution in [2.75, 3.05) is 19.7 Å². The monoisotopic (exact) mass is 386 g/mol. The highest BCUT2D eigenvalue weighted by atomic mass is 16.7. The lowest BCUT2D eigenvalue weighted by molar-refractivity contribution is -0.117. The Morgan fingerprint density at radius 1 is 1.11 bits per heavy atom. The summed E-state index contributed by atoms with van der Waals surface area (Å²) in [6.07, 6.45) is 6.67. The van der Waals surface area contributed by atoms with Crippen LogP contribution in [-0.4, -0.2) is 48.6 Å². The smallest absolute Gasteiger partial charge is 0.434 e. The number of rotatable bonds is 6. The second kappa shape index (κ2) is 9.39. The molecule has 1 aromatic carbocycles. The summed E-state index contributed by atoms with van der Waals surface area (Å²) >= 11 is 0. The third-order valence-electron chi connectivity index (χ3n) is 4.83. The van der Waals surface area contributed by atoms with E-state index in [9.17, 15) is 14.4 Å². The van der Waals surface area contributed by atoms with Gasteiger partial charge in [-0.15, -0.1) is 0 Å². The molecule has 2 aliphatic rings. The van der Waals surface area contributed by atoms with Crippen LogP contribution in [0.3, 0.4) is 0 Å². The molecule has 1 N–H and O–H groups in total. The summed E-state index contributed by atoms with van der Waals surface area (Å²) in [5.74, 6) is 0.796. The maximum absolute atomic E-state index is 12.6. The maximum Gasteiger partial charge on any atom is 0.513 e. The van der Waals surface area contributed by atoms with Gasteiger partial charge < -0.3 is 19.7 Å². The number of allylic oxidation sites excluding steroid dienone is 1. The van der Waals surface area contributed by atoms with E-state index < -0.39 is 6.16 Å². The van der Waals surface area contributed by atoms with Gasteiger partial charge in [-0.05, 0) is 68.9 Å². The van der Waals surface area contributed by atoms with Crippen LogP contribution in [0.4, 0.5) is 4.79 Å². The number of nitrogens with zero attached hydrogens (tertiary/aromatic N) is 1. The molecule has 1 heterocycles. The predicted molar refractivity (Wildman–Crippen MR) is 103 cm³/mol. The molecule has 0 radical (unpaired) electrons. The number of amides is 2. The van der Waals surface area contributed by atoms with E-state index in [0.717, 1.165) is 12.8 Å². The molecule has 1 aliphatic heterocycles. The Labute approximate surface area is 164 Å². The summed E-state index contributed by atoms with van der Waals surface area (Å²) in [7, 11) is 0. The standard InChI is InChI=1S/C21H26N2O5/c1-2-27-21(26)28-18-8-6-16(7-9-18)20(25)23-13-11-17(12-14-23)22-19(24)10-5-15-3-4-15/h5-10,15,17H,2-4,11-14H2,1H3,(H,22,24)/b10-5+. The Morgan fingerprint density at radius 3 is 2.39 bits per heavy atom. The van der Waals surface area contributed by atoms with Crippen LogP contribution in [-0.2, 0) is 9.53 Å². The fourth-order valence-electron chi connectivity index (χ4n) is 3.08. The molecule has 1 aliphatic carbocycles. The Balaban J connectivity index is 1.45. The van der Waals surface area contributed by atoms with E-state index in [1.807, 2.05) is 6.08 Å². The van der Waals surface area contributed by atoms with Gasteiger partial charge in [0.1, 0.15) is 5.75 Å². The minimum atomic E-state index is -0.766. The van der Waals surface area contributed by atoms with Gasteiger partial charge in [-0.25, -0.2) is 4.79 Å². The van der Waals surface area contributed by atoms with Crippen molar-refractivity contribution in [3.05, 3.63) is 42.0 Å². The highest BCUT2D eigenvalue weighted by molar-refractivity contribution is 5.94. The van der Waals surface area contributed by atoms with Crippen LogP contribution >= 0.6 is 0 Å². The normalized spacial score (nSPS) is 17.4. The van der Waals surface area contributed by atoms with Crippen LogP contribution in [0.15, 0.2) is 36.4 Å². The number of likely N-dealkylation sites (tertiary alicyclic amines) is 1. The van der Waals surface area contributed by atoms with Gasteiger partial charge in [0.25, 0.3) is 5.91 Å². The molecule has 7 heteroatoms. The first kappa shape index (κ1) is 19.9. The molecule has 0 atom stereocenters. The number of hydrogen-bond acceptors (Lipinski definition) is 5. The Kier molecular flexibility index (Phi) is 6.68. The van der Waals surface area contributed by atoms with Gasteiger partial charge >= 0.3 is 6.16 Å². The van der Waals surface area contributed by atoms with Crippen molar-refractivity contribution < 1.29 is 23.9 Å². The molecule has 0 spiro atoms. The van der Waals surface area contributed by atoms with Crippen molar-refractivity contribution in [2.24, 2.45) is 5.92 Å². The minimum Gasteiger partial charge on any atom is -0.434 e. The summed E-state index contributed by atoms with van der Waals surface area (Å²) in [4.78, 5) is 37.6. The third-order valence-corrected chi connectivity index (χ3v) is 4.83. The highest BCUT2D eigenvalue weighted by Gasteiger charge is 2.24. The van der Waals surface area contributed by atoms with Crippen molar-refractivity contribution in [3.8, 4) is 5.75 Å². The highest BCUT2D eigenvalue weighted by Crippen LogP contribution is 2.29. The van der Waals surface area contributed by atoms with Crippen LogP contribution < -0.4 is 10.1 Å². The Morgan fingerprint density at radius 2 is 1.79 bits per heavy atom. The molecule has 150 valence electrons. The molecule has 1 aromatic rings. The number of piperidine rings is 1. The second-order valence-corrected chi connectivity index (χ2v) is 7.08. The van der Waals surface area contributed by atoms with Gasteiger partial charge in [0.15, 0.2) is 0 Å². The number of nitrogens with one attached hydrogen (secondary N) is 1. The Hall–Kier alpha value is -2.83. The van der Waals surface area contributed by atoms with E-state index >= 15 is 0 Å². The SMILES string of the molecule is CCOC(=O)Oc1ccc(C(=O)N2CCC(NC(=O)/C=C/C3CC3)CC2)cc1. The number of benzene rings is 1. The van der Waals surface area contributed by atoms with E-state index in [1.165, 1.54) is 12.8 Å². The summed E-state index contributed by atoms with van der Waals surface area (Å²) in [5, 5.41) is 3.01. The number of ether oxygens (including phenoxy) is 2. The van der Waals surface area contributed by atoms with Gasteiger partial charge in [-0.2, -0.15) is 0 Å². The predicted octanol–water partition coefficient (Wildman–Crippen LogP) is 2.91. The summed E-state index contributed by atoms with van der Waals surface area (Å²) in [6.45, 7) is 3.12. The van der Waals surface area contributed by atoms with Crippen molar-refractivity contribution >= 4 is 18.0 Å². The zero-order valence-electron chi connectivity index (χ0n) is 16.1. The van der Waals surface area contributed by atoms with E-state index in [1.54, 1.807) is 42.2 Å². The molecule has 0 unspecified atom stereocenters. The lowest BCUT2D eigenvalue weighted by Gasteiger charge is -2.32. The molecule has 0 aromatic heterocycles. The average molecular weight is 386 g/mol. The number of hydrogen-bond donors (Lipinski definition) is 1. The molecule has 0 bridgehead atoms. The largest absolute Gasteiger partial charge is 0.513 e. The molecule has 2 fully saturated rings. The van der Waals surface area contributed by atoms with E-state index in [2.05, 4.69) is 5.32 Å². The van der Waals surface area contributed by atoms with Crippen LogP contribution in [0.25, 0.3) is 0 Å². The Bertz CT molecular complexity index is 732. The fourth-order valence-corrected chi connectivity index (χ4v) is 3.08. The van der Waals surface area contributed by atoms with Crippen molar-refractivity contribution in [1.29, 1.82) is 0 Å². The zero-order valence-corrected chi connectivity index (χ0v) is 16.1. The van der Waals surface area contributed by atoms with Gasteiger partial charge in [-0.3, -0.25) is 9.59 Å². The van der Waals surface area contributed by atoms with Crippen LogP contribution in [0.2, 0.25) is 0 Å². The van der Waals surface area contributed by atoms with Crippen molar-refractivity contribution in [2.45, 2.75) is 38.6 Å². The first-order chi connectivity index (χ1) is 13.5. The molecule has 1 saturated heterocycles. The van der Waals surface area contributed by atoms with Gasteiger partial charge in [0.2, 0.25) is 5.91 Å². The lowest BCUT2D eigenvalue weighted by atomic mass is 10.0. The average Bonchev–Trinajstić information content (AvgIpc) is 3.52. The quantitative estimate of drug-likeness (QED) is 0.462. The molecule has 28 heavy (non-hydrogen) atoms. The fraction of sp³-hybridized carbons (Fsp3) is 0.476. The maximum atomic E-state index is 12.6. The summed E-state index contributed by atoms with van der Waals surface area (Å²) < 4.78 is 9.71. The van der Waals surface area contributed by atoms with E-state index in [0.29, 0.717) is 30.3 Å². The van der Waals surface area contributed by atoms with Crippen molar-refractivity contribution in [3.63, 3.8) is 0 Å². The van der Waals surface area contributed by atoms with Crippen LogP contribution in [0.5, 0.6) is 5.75 Å². The lowest BCUT2D eigenvalue weighted by Crippen LogP contribution is -2.46. The third kappa shape index (κ3) is 5.84. The summed E-state index contributed by atoms with van der Waals surface area (Å²) in [6, 6.07) is 6.51. The molecular formula is C21H26N2O5. The second-order valence-electron chi connectivity index (χ2n) is 7.08. The van der Waals surface area contributed by atoms with Gasteiger partial charge in [0, 0.05) is 24.7 Å². The summed E-state index contributed by atoms with van der Waals surface area (Å²) in [5.41, 5.74) is 0.533. The first-order valence-corrected chi connectivity index (χ1v) is 9.77. The molecule has 3 rings (SSSR count). The topological polar surface area (TPSA) is 84.9 Å². The molecule has 2 amide bonds. The molecule has 1 saturated carbocycles. The first-order valence-electron chi connectivity index (χ1n) is 9.77. The number of carbonyl (C=O) groups excluding carboxylic acids is 3. The van der Waals surface area contributed by atoms with E-state index in [4.69, 9.17) is 9.47 Å². The molecule has 7 nitrogen and oxygen atoms in total. The number of carbonyl (C=O) groups is 3. The minimum absolute atomic E-state index is 0.0473. The zero-order chi connectivity index (χ0) is 19.9. The van der Waals surface area contributed by atoms with E-state index in [-0.39, 0.29) is 24.5 Å². The molecular weight excluding hydrogens is 360 g/mol. The van der Waals surface area contributed by atoms with Gasteiger partial charge in [0.05, 0.1) is 6.61 Å². The van der Waals surface area contributed by atoms with Crippen LogP contribution in [0, 0.1) is 5.92 Å². The van der Waals surface area contributed by atoms with Gasteiger partial charge in [-0.1, -0.05) is 6.08 Å². The van der Waals surface area contributed by atoms with Crippen molar-refractivity contribution in [1.82, 2.24) is 10.2 Å².